The van der Waals surface area contributed by atoms with E-state index in [4.69, 9.17) is 0 Å². The second-order valence-corrected chi connectivity index (χ2v) is 6.57. The summed E-state index contributed by atoms with van der Waals surface area (Å²) in [6, 6.07) is 0. The molecule has 0 heteroatoms. The predicted molar refractivity (Wildman–Crippen MR) is 74.4 cm³/mol. The van der Waals surface area contributed by atoms with Crippen molar-refractivity contribution < 1.29 is 0 Å². The molecule has 4 aliphatic carbocycles. The topological polar surface area (TPSA) is 0 Å². The van der Waals surface area contributed by atoms with E-state index in [9.17, 15) is 0 Å². The Balaban J connectivity index is 1.90. The van der Waals surface area contributed by atoms with Gasteiger partial charge in [0, 0.05) is 23.7 Å². The molecule has 90 valence electrons. The van der Waals surface area contributed by atoms with Crippen LogP contribution in [0.3, 0.4) is 0 Å². The number of rotatable bonds is 0. The molecule has 1 aromatic carbocycles. The number of hydrogen-bond acceptors (Lipinski definition) is 0. The van der Waals surface area contributed by atoms with Gasteiger partial charge >= 0.3 is 0 Å². The summed E-state index contributed by atoms with van der Waals surface area (Å²) >= 11 is 0. The molecule has 0 aliphatic heterocycles. The maximum Gasteiger partial charge on any atom is 0.00327 e. The fourth-order valence-electron chi connectivity index (χ4n) is 5.26. The maximum atomic E-state index is 2.45. The lowest BCUT2D eigenvalue weighted by Gasteiger charge is -2.25. The molecule has 4 aliphatic rings. The third-order valence-electron chi connectivity index (χ3n) is 5.85. The Labute approximate surface area is 108 Å². The molecule has 0 saturated carbocycles. The van der Waals surface area contributed by atoms with Gasteiger partial charge in [-0.15, -0.1) is 0 Å². The first-order chi connectivity index (χ1) is 8.75. The molecular weight excluding hydrogens is 216 g/mol. The molecule has 0 saturated heterocycles. The zero-order chi connectivity index (χ0) is 12.0. The molecule has 0 spiro atoms. The number of allylic oxidation sites excluding steroid dienone is 4. The maximum absolute atomic E-state index is 2.45. The highest BCUT2D eigenvalue weighted by Crippen LogP contribution is 2.58. The molecule has 0 amide bonds. The molecule has 0 N–H and O–H groups in total. The quantitative estimate of drug-likeness (QED) is 0.576. The molecule has 0 unspecified atom stereocenters. The number of fused-ring (bicyclic) bond motifs is 10. The van der Waals surface area contributed by atoms with E-state index in [-0.39, 0.29) is 0 Å². The van der Waals surface area contributed by atoms with E-state index in [1.54, 1.807) is 33.4 Å². The molecule has 0 aromatic heterocycles. The highest BCUT2D eigenvalue weighted by Gasteiger charge is 2.42. The second kappa shape index (κ2) is 2.82. The monoisotopic (exact) mass is 234 g/mol. The average molecular weight is 234 g/mol. The first-order valence-corrected chi connectivity index (χ1v) is 7.29. The van der Waals surface area contributed by atoms with Gasteiger partial charge in [0.2, 0.25) is 0 Å². The number of benzene rings is 1. The Morgan fingerprint density at radius 2 is 0.889 bits per heavy atom. The van der Waals surface area contributed by atoms with E-state index in [2.05, 4.69) is 38.2 Å². The molecule has 1 aromatic rings. The Bertz CT molecular complexity index is 538. The summed E-state index contributed by atoms with van der Waals surface area (Å²) in [5.41, 5.74) is 10.1. The zero-order valence-electron chi connectivity index (χ0n) is 11.0. The molecule has 0 heterocycles. The van der Waals surface area contributed by atoms with Crippen LogP contribution in [0.15, 0.2) is 24.3 Å². The van der Waals surface area contributed by atoms with Crippen molar-refractivity contribution in [1.82, 2.24) is 0 Å². The van der Waals surface area contributed by atoms with E-state index in [1.807, 2.05) is 0 Å². The zero-order valence-corrected chi connectivity index (χ0v) is 11.0. The van der Waals surface area contributed by atoms with Crippen LogP contribution < -0.4 is 0 Å². The first kappa shape index (κ1) is 9.61. The Morgan fingerprint density at radius 3 is 1.17 bits per heavy atom. The molecule has 4 atom stereocenters. The SMILES string of the molecule is Cc1c2c(c(C)c3c1[C@H]1C=C[C@@H]3C1)[C@H]1C=C[C@@H]2C1. The van der Waals surface area contributed by atoms with Crippen molar-refractivity contribution in [2.24, 2.45) is 0 Å². The van der Waals surface area contributed by atoms with Crippen molar-refractivity contribution >= 4 is 0 Å². The summed E-state index contributed by atoms with van der Waals surface area (Å²) in [4.78, 5) is 0. The third-order valence-corrected chi connectivity index (χ3v) is 5.85. The van der Waals surface area contributed by atoms with Gasteiger partial charge in [-0.2, -0.15) is 0 Å². The van der Waals surface area contributed by atoms with Crippen molar-refractivity contribution in [2.75, 3.05) is 0 Å². The Hall–Kier alpha value is -1.30. The van der Waals surface area contributed by atoms with Gasteiger partial charge in [-0.3, -0.25) is 0 Å². The summed E-state index contributed by atoms with van der Waals surface area (Å²) in [5, 5.41) is 0. The third kappa shape index (κ3) is 0.858. The van der Waals surface area contributed by atoms with Crippen LogP contribution in [0.2, 0.25) is 0 Å². The van der Waals surface area contributed by atoms with E-state index >= 15 is 0 Å². The molecular formula is C18H18. The van der Waals surface area contributed by atoms with Crippen LogP contribution in [0.5, 0.6) is 0 Å². The molecule has 18 heavy (non-hydrogen) atoms. The lowest BCUT2D eigenvalue weighted by Crippen LogP contribution is -2.08. The van der Waals surface area contributed by atoms with Crippen LogP contribution in [0.25, 0.3) is 0 Å². The van der Waals surface area contributed by atoms with Crippen LogP contribution in [0, 0.1) is 13.8 Å². The minimum Gasteiger partial charge on any atom is -0.0803 e. The summed E-state index contributed by atoms with van der Waals surface area (Å²) < 4.78 is 0. The van der Waals surface area contributed by atoms with E-state index in [0.717, 1.165) is 23.7 Å². The largest absolute Gasteiger partial charge is 0.0803 e. The lowest BCUT2D eigenvalue weighted by molar-refractivity contribution is 0.785. The van der Waals surface area contributed by atoms with Gasteiger partial charge in [0.25, 0.3) is 0 Å². The van der Waals surface area contributed by atoms with Gasteiger partial charge in [-0.1, -0.05) is 24.3 Å². The van der Waals surface area contributed by atoms with Crippen molar-refractivity contribution in [2.45, 2.75) is 50.4 Å². The second-order valence-electron chi connectivity index (χ2n) is 6.57. The highest BCUT2D eigenvalue weighted by atomic mass is 14.5. The van der Waals surface area contributed by atoms with Gasteiger partial charge in [-0.05, 0) is 60.1 Å². The standard InChI is InChI=1S/C18H18/c1-9-15-11-3-5-13(7-11)17(15)10(2)18-14-6-4-12(8-14)16(9)18/h3-6,11-14H,7-8H2,1-2H3/t11-,12+,13+,14-. The Kier molecular flexibility index (Phi) is 1.50. The van der Waals surface area contributed by atoms with Crippen molar-refractivity contribution in [3.05, 3.63) is 57.7 Å². The van der Waals surface area contributed by atoms with E-state index in [1.165, 1.54) is 12.8 Å². The summed E-state index contributed by atoms with van der Waals surface area (Å²) in [6.45, 7) is 4.78. The van der Waals surface area contributed by atoms with E-state index < -0.39 is 0 Å². The summed E-state index contributed by atoms with van der Waals surface area (Å²) in [6.07, 6.45) is 12.5. The molecule has 5 rings (SSSR count). The van der Waals surface area contributed by atoms with Gasteiger partial charge in [0.05, 0.1) is 0 Å². The van der Waals surface area contributed by atoms with Crippen molar-refractivity contribution in [1.29, 1.82) is 0 Å². The molecule has 4 bridgehead atoms. The van der Waals surface area contributed by atoms with Gasteiger partial charge in [0.1, 0.15) is 0 Å². The molecule has 0 nitrogen and oxygen atoms in total. The van der Waals surface area contributed by atoms with Gasteiger partial charge < -0.3 is 0 Å². The average Bonchev–Trinajstić information content (AvgIpc) is 3.10. The highest BCUT2D eigenvalue weighted by molar-refractivity contribution is 5.65. The van der Waals surface area contributed by atoms with Gasteiger partial charge in [-0.25, -0.2) is 0 Å². The summed E-state index contributed by atoms with van der Waals surface area (Å²) in [7, 11) is 0. The van der Waals surface area contributed by atoms with Crippen molar-refractivity contribution in [3.63, 3.8) is 0 Å². The summed E-state index contributed by atoms with van der Waals surface area (Å²) in [5.74, 6) is 2.93. The minimum atomic E-state index is 0.733. The predicted octanol–water partition coefficient (Wildman–Crippen LogP) is 4.58. The van der Waals surface area contributed by atoms with Crippen LogP contribution in [-0.2, 0) is 0 Å². The van der Waals surface area contributed by atoms with Crippen LogP contribution in [-0.4, -0.2) is 0 Å². The van der Waals surface area contributed by atoms with Crippen LogP contribution >= 0.6 is 0 Å². The lowest BCUT2D eigenvalue weighted by atomic mass is 9.80. The fraction of sp³-hybridized carbons (Fsp3) is 0.444. The first-order valence-electron chi connectivity index (χ1n) is 7.29. The fourth-order valence-corrected chi connectivity index (χ4v) is 5.26. The van der Waals surface area contributed by atoms with Crippen LogP contribution in [0.4, 0.5) is 0 Å². The van der Waals surface area contributed by atoms with Gasteiger partial charge in [0.15, 0.2) is 0 Å². The Morgan fingerprint density at radius 1 is 0.611 bits per heavy atom. The smallest absolute Gasteiger partial charge is 0.00327 e. The molecule has 0 radical (unpaired) electrons. The van der Waals surface area contributed by atoms with E-state index in [0.29, 0.717) is 0 Å². The normalized spacial score (nSPS) is 36.6. The van der Waals surface area contributed by atoms with Crippen molar-refractivity contribution in [3.8, 4) is 0 Å². The minimum absolute atomic E-state index is 0.733. The molecule has 0 fully saturated rings. The number of hydrogen-bond donors (Lipinski definition) is 0. The van der Waals surface area contributed by atoms with Crippen LogP contribution in [0.1, 0.15) is 69.9 Å².